The van der Waals surface area contributed by atoms with Crippen LogP contribution < -0.4 is 0 Å². The summed E-state index contributed by atoms with van der Waals surface area (Å²) in [4.78, 5) is 22.4. The molecule has 0 atom stereocenters. The smallest absolute Gasteiger partial charge is 0.303 e. The summed E-state index contributed by atoms with van der Waals surface area (Å²) in [7, 11) is 0. The maximum absolute atomic E-state index is 12.0. The molecular formula is C15H20O3. The number of carbonyl (C=O) groups is 2. The molecule has 0 heterocycles. The molecule has 1 N–H and O–H groups in total. The van der Waals surface area contributed by atoms with Gasteiger partial charge in [0.25, 0.3) is 0 Å². The van der Waals surface area contributed by atoms with Crippen molar-refractivity contribution in [2.45, 2.75) is 46.5 Å². The zero-order chi connectivity index (χ0) is 13.7. The number of aliphatic carboxylic acids is 1. The van der Waals surface area contributed by atoms with Gasteiger partial charge in [0.1, 0.15) is 0 Å². The number of unbranched alkanes of at least 4 members (excludes halogenated alkanes) is 1. The lowest BCUT2D eigenvalue weighted by molar-refractivity contribution is -0.137. The van der Waals surface area contributed by atoms with E-state index in [0.717, 1.165) is 16.7 Å². The molecule has 98 valence electrons. The highest BCUT2D eigenvalue weighted by Crippen LogP contribution is 2.18. The van der Waals surface area contributed by atoms with Gasteiger partial charge in [-0.2, -0.15) is 0 Å². The van der Waals surface area contributed by atoms with E-state index in [4.69, 9.17) is 5.11 Å². The van der Waals surface area contributed by atoms with Crippen LogP contribution in [0.4, 0.5) is 0 Å². The van der Waals surface area contributed by atoms with Crippen LogP contribution in [0.15, 0.2) is 12.1 Å². The molecule has 3 heteroatoms. The first-order valence-corrected chi connectivity index (χ1v) is 6.24. The van der Waals surface area contributed by atoms with Crippen molar-refractivity contribution in [1.82, 2.24) is 0 Å². The van der Waals surface area contributed by atoms with E-state index in [2.05, 4.69) is 0 Å². The number of ketones is 1. The highest BCUT2D eigenvalue weighted by Gasteiger charge is 2.10. The van der Waals surface area contributed by atoms with Crippen LogP contribution in [0, 0.1) is 20.8 Å². The number of carbonyl (C=O) groups excluding carboxylic acids is 1. The molecule has 0 fully saturated rings. The second-order valence-corrected chi connectivity index (χ2v) is 4.78. The second-order valence-electron chi connectivity index (χ2n) is 4.78. The Morgan fingerprint density at radius 1 is 0.944 bits per heavy atom. The molecule has 0 aliphatic carbocycles. The minimum Gasteiger partial charge on any atom is -0.481 e. The normalized spacial score (nSPS) is 10.4. The summed E-state index contributed by atoms with van der Waals surface area (Å²) in [6.45, 7) is 5.97. The monoisotopic (exact) mass is 248 g/mol. The van der Waals surface area contributed by atoms with Crippen molar-refractivity contribution in [2.75, 3.05) is 0 Å². The van der Waals surface area contributed by atoms with Crippen molar-refractivity contribution < 1.29 is 14.7 Å². The third-order valence-corrected chi connectivity index (χ3v) is 3.19. The molecule has 0 amide bonds. The van der Waals surface area contributed by atoms with Gasteiger partial charge in [-0.25, -0.2) is 0 Å². The van der Waals surface area contributed by atoms with Crippen molar-refractivity contribution in [3.05, 3.63) is 34.4 Å². The minimum atomic E-state index is -0.801. The number of carboxylic acids is 1. The standard InChI is InChI=1S/C15H20O3/c1-10-8-12(3)13(9-11(10)2)14(16)6-4-5-7-15(17)18/h8-9H,4-7H2,1-3H3,(H,17,18). The molecule has 1 aromatic carbocycles. The Morgan fingerprint density at radius 2 is 1.50 bits per heavy atom. The zero-order valence-corrected chi connectivity index (χ0v) is 11.2. The van der Waals surface area contributed by atoms with Gasteiger partial charge in [0.15, 0.2) is 5.78 Å². The van der Waals surface area contributed by atoms with Crippen LogP contribution in [-0.2, 0) is 4.79 Å². The quantitative estimate of drug-likeness (QED) is 0.619. The maximum atomic E-state index is 12.0. The van der Waals surface area contributed by atoms with Gasteiger partial charge < -0.3 is 5.11 Å². The predicted molar refractivity (Wildman–Crippen MR) is 71.1 cm³/mol. The molecule has 1 rings (SSSR count). The SMILES string of the molecule is Cc1cc(C)c(C(=O)CCCCC(=O)O)cc1C. The third-order valence-electron chi connectivity index (χ3n) is 3.19. The fourth-order valence-corrected chi connectivity index (χ4v) is 1.96. The number of benzene rings is 1. The van der Waals surface area contributed by atoms with Gasteiger partial charge in [-0.15, -0.1) is 0 Å². The summed E-state index contributed by atoms with van der Waals surface area (Å²) < 4.78 is 0. The number of rotatable bonds is 6. The summed E-state index contributed by atoms with van der Waals surface area (Å²) in [5, 5.41) is 8.52. The van der Waals surface area contributed by atoms with Crippen molar-refractivity contribution >= 4 is 11.8 Å². The molecule has 0 aliphatic heterocycles. The summed E-state index contributed by atoms with van der Waals surface area (Å²) in [6, 6.07) is 3.96. The Morgan fingerprint density at radius 3 is 2.11 bits per heavy atom. The van der Waals surface area contributed by atoms with E-state index in [1.165, 1.54) is 5.56 Å². The lowest BCUT2D eigenvalue weighted by atomic mass is 9.96. The number of Topliss-reactive ketones (excluding diaryl/α,β-unsaturated/α-hetero) is 1. The van der Waals surface area contributed by atoms with Crippen LogP contribution in [0.2, 0.25) is 0 Å². The number of hydrogen-bond donors (Lipinski definition) is 1. The summed E-state index contributed by atoms with van der Waals surface area (Å²) in [5.74, 6) is -0.689. The van der Waals surface area contributed by atoms with E-state index in [0.29, 0.717) is 19.3 Å². The molecule has 0 aromatic heterocycles. The van der Waals surface area contributed by atoms with E-state index in [1.807, 2.05) is 32.9 Å². The minimum absolute atomic E-state index is 0.112. The van der Waals surface area contributed by atoms with Crippen LogP contribution in [-0.4, -0.2) is 16.9 Å². The lowest BCUT2D eigenvalue weighted by Crippen LogP contribution is -2.04. The molecule has 3 nitrogen and oxygen atoms in total. The molecular weight excluding hydrogens is 228 g/mol. The topological polar surface area (TPSA) is 54.4 Å². The van der Waals surface area contributed by atoms with Crippen molar-refractivity contribution in [1.29, 1.82) is 0 Å². The van der Waals surface area contributed by atoms with Gasteiger partial charge in [-0.1, -0.05) is 6.07 Å². The highest BCUT2D eigenvalue weighted by atomic mass is 16.4. The van der Waals surface area contributed by atoms with E-state index in [1.54, 1.807) is 0 Å². The summed E-state index contributed by atoms with van der Waals surface area (Å²) >= 11 is 0. The lowest BCUT2D eigenvalue weighted by Gasteiger charge is -2.08. The fraction of sp³-hybridized carbons (Fsp3) is 0.467. The van der Waals surface area contributed by atoms with Gasteiger partial charge in [-0.3, -0.25) is 9.59 Å². The van der Waals surface area contributed by atoms with Crippen LogP contribution in [0.1, 0.15) is 52.7 Å². The van der Waals surface area contributed by atoms with Gasteiger partial charge >= 0.3 is 5.97 Å². The van der Waals surface area contributed by atoms with Crippen molar-refractivity contribution in [3.8, 4) is 0 Å². The Bertz CT molecular complexity index is 461. The van der Waals surface area contributed by atoms with E-state index in [9.17, 15) is 9.59 Å². The number of carboxylic acid groups (broad SMARTS) is 1. The molecule has 0 saturated carbocycles. The van der Waals surface area contributed by atoms with E-state index >= 15 is 0 Å². The second kappa shape index (κ2) is 6.34. The van der Waals surface area contributed by atoms with Crippen molar-refractivity contribution in [2.24, 2.45) is 0 Å². The number of hydrogen-bond acceptors (Lipinski definition) is 2. The van der Waals surface area contributed by atoms with Gasteiger partial charge in [0, 0.05) is 18.4 Å². The number of aryl methyl sites for hydroxylation is 3. The van der Waals surface area contributed by atoms with Gasteiger partial charge in [-0.05, 0) is 56.4 Å². The van der Waals surface area contributed by atoms with Gasteiger partial charge in [0.05, 0.1) is 0 Å². The first kappa shape index (κ1) is 14.4. The van der Waals surface area contributed by atoms with Crippen LogP contribution in [0.25, 0.3) is 0 Å². The maximum Gasteiger partial charge on any atom is 0.303 e. The predicted octanol–water partition coefficient (Wildman–Crippen LogP) is 3.44. The van der Waals surface area contributed by atoms with E-state index in [-0.39, 0.29) is 12.2 Å². The largest absolute Gasteiger partial charge is 0.481 e. The Balaban J connectivity index is 2.62. The summed E-state index contributed by atoms with van der Waals surface area (Å²) in [6.07, 6.45) is 1.76. The molecule has 0 aliphatic rings. The molecule has 0 bridgehead atoms. The first-order valence-electron chi connectivity index (χ1n) is 6.24. The highest BCUT2D eigenvalue weighted by molar-refractivity contribution is 5.97. The molecule has 0 saturated heterocycles. The molecule has 0 spiro atoms. The van der Waals surface area contributed by atoms with Crippen LogP contribution in [0.3, 0.4) is 0 Å². The first-order chi connectivity index (χ1) is 8.41. The molecule has 18 heavy (non-hydrogen) atoms. The zero-order valence-electron chi connectivity index (χ0n) is 11.2. The van der Waals surface area contributed by atoms with Gasteiger partial charge in [0.2, 0.25) is 0 Å². The Labute approximate surface area is 108 Å². The molecule has 0 unspecified atom stereocenters. The Hall–Kier alpha value is -1.64. The van der Waals surface area contributed by atoms with Crippen LogP contribution >= 0.6 is 0 Å². The third kappa shape index (κ3) is 3.99. The average Bonchev–Trinajstić information content (AvgIpc) is 2.28. The van der Waals surface area contributed by atoms with E-state index < -0.39 is 5.97 Å². The Kier molecular flexibility index (Phi) is 5.08. The van der Waals surface area contributed by atoms with Crippen LogP contribution in [0.5, 0.6) is 0 Å². The summed E-state index contributed by atoms with van der Waals surface area (Å²) in [5.41, 5.74) is 4.08. The molecule has 1 aromatic rings. The fourth-order valence-electron chi connectivity index (χ4n) is 1.96. The molecule has 0 radical (unpaired) electrons. The average molecular weight is 248 g/mol. The van der Waals surface area contributed by atoms with Crippen molar-refractivity contribution in [3.63, 3.8) is 0 Å².